The molecule has 0 radical (unpaired) electrons. The maximum atomic E-state index is 12.4. The van der Waals surface area contributed by atoms with Crippen LogP contribution in [-0.4, -0.2) is 29.7 Å². The number of hydrogen-bond donors (Lipinski definition) is 1. The van der Waals surface area contributed by atoms with E-state index in [4.69, 9.17) is 30.5 Å². The van der Waals surface area contributed by atoms with Crippen molar-refractivity contribution in [1.29, 1.82) is 0 Å². The van der Waals surface area contributed by atoms with E-state index in [1.54, 1.807) is 18.2 Å². The number of carbonyl (C=O) groups is 2. The second-order valence-corrected chi connectivity index (χ2v) is 7.54. The zero-order chi connectivity index (χ0) is 24.2. The third-order valence-electron chi connectivity index (χ3n) is 4.73. The number of halogens is 1. The van der Waals surface area contributed by atoms with Crippen LogP contribution >= 0.6 is 11.6 Å². The quantitative estimate of drug-likeness (QED) is 0.283. The van der Waals surface area contributed by atoms with Gasteiger partial charge in [0.25, 0.3) is 5.91 Å². The fourth-order valence-corrected chi connectivity index (χ4v) is 3.17. The summed E-state index contributed by atoms with van der Waals surface area (Å²) in [7, 11) is 0. The number of amides is 1. The van der Waals surface area contributed by atoms with E-state index < -0.39 is 22.9 Å². The van der Waals surface area contributed by atoms with Crippen LogP contribution in [-0.2, 0) is 9.53 Å². The van der Waals surface area contributed by atoms with E-state index in [0.29, 0.717) is 17.2 Å². The molecule has 4 rings (SSSR count). The van der Waals surface area contributed by atoms with E-state index in [1.807, 2.05) is 0 Å². The molecule has 3 aromatic rings. The first kappa shape index (κ1) is 22.9. The van der Waals surface area contributed by atoms with Gasteiger partial charge in [0, 0.05) is 22.8 Å². The van der Waals surface area contributed by atoms with Crippen LogP contribution in [0.25, 0.3) is 0 Å². The van der Waals surface area contributed by atoms with Gasteiger partial charge in [-0.1, -0.05) is 11.6 Å². The molecule has 0 saturated heterocycles. The Kier molecular flexibility index (Phi) is 6.51. The van der Waals surface area contributed by atoms with Gasteiger partial charge in [-0.3, -0.25) is 14.9 Å². The lowest BCUT2D eigenvalue weighted by molar-refractivity contribution is -0.385. The molecule has 1 aliphatic heterocycles. The SMILES string of the molecule is C[C@H](OC(=O)c1ccc(Oc2ccc(Cl)cc2[N+](=O)[O-])cc1)C(=O)Nc1ccc2c(c1)OCO2. The first-order chi connectivity index (χ1) is 16.3. The summed E-state index contributed by atoms with van der Waals surface area (Å²) in [5.41, 5.74) is 0.342. The number of esters is 1. The summed E-state index contributed by atoms with van der Waals surface area (Å²) < 4.78 is 21.3. The second-order valence-electron chi connectivity index (χ2n) is 7.10. The van der Waals surface area contributed by atoms with E-state index in [0.717, 1.165) is 0 Å². The fourth-order valence-electron chi connectivity index (χ4n) is 3.01. The Hall–Kier alpha value is -4.31. The molecular formula is C23H17ClN2O8. The average molecular weight is 485 g/mol. The molecule has 0 unspecified atom stereocenters. The predicted molar refractivity (Wildman–Crippen MR) is 121 cm³/mol. The van der Waals surface area contributed by atoms with Crippen LogP contribution < -0.4 is 19.5 Å². The van der Waals surface area contributed by atoms with E-state index in [-0.39, 0.29) is 34.6 Å². The minimum Gasteiger partial charge on any atom is -0.454 e. The molecule has 0 aromatic heterocycles. The van der Waals surface area contributed by atoms with Crippen molar-refractivity contribution in [3.63, 3.8) is 0 Å². The molecule has 1 heterocycles. The molecule has 1 N–H and O–H groups in total. The molecule has 11 heteroatoms. The summed E-state index contributed by atoms with van der Waals surface area (Å²) in [4.78, 5) is 35.4. The Morgan fingerprint density at radius 3 is 2.53 bits per heavy atom. The van der Waals surface area contributed by atoms with Gasteiger partial charge >= 0.3 is 11.7 Å². The summed E-state index contributed by atoms with van der Waals surface area (Å²) in [6, 6.07) is 14.7. The normalized spacial score (nSPS) is 12.5. The Labute approximate surface area is 198 Å². The zero-order valence-electron chi connectivity index (χ0n) is 17.6. The number of nitro groups is 1. The lowest BCUT2D eigenvalue weighted by Crippen LogP contribution is -2.30. The Morgan fingerprint density at radius 2 is 1.79 bits per heavy atom. The molecule has 0 saturated carbocycles. The van der Waals surface area contributed by atoms with Crippen molar-refractivity contribution in [2.45, 2.75) is 13.0 Å². The largest absolute Gasteiger partial charge is 0.454 e. The number of carbonyl (C=O) groups excluding carboxylic acids is 2. The van der Waals surface area contributed by atoms with Gasteiger partial charge in [-0.15, -0.1) is 0 Å². The number of rotatable bonds is 7. The summed E-state index contributed by atoms with van der Waals surface area (Å²) in [6.45, 7) is 1.55. The Balaban J connectivity index is 1.36. The highest BCUT2D eigenvalue weighted by atomic mass is 35.5. The number of nitrogens with zero attached hydrogens (tertiary/aromatic N) is 1. The summed E-state index contributed by atoms with van der Waals surface area (Å²) in [5, 5.41) is 14.0. The maximum absolute atomic E-state index is 12.4. The molecule has 0 spiro atoms. The van der Waals surface area contributed by atoms with Crippen LogP contribution in [0.5, 0.6) is 23.0 Å². The molecule has 34 heavy (non-hydrogen) atoms. The van der Waals surface area contributed by atoms with Crippen molar-refractivity contribution >= 4 is 34.9 Å². The zero-order valence-corrected chi connectivity index (χ0v) is 18.4. The molecule has 174 valence electrons. The summed E-state index contributed by atoms with van der Waals surface area (Å²) in [5.74, 6) is 0.0953. The number of hydrogen-bond acceptors (Lipinski definition) is 8. The number of anilines is 1. The highest BCUT2D eigenvalue weighted by molar-refractivity contribution is 6.30. The van der Waals surface area contributed by atoms with Crippen LogP contribution in [0.2, 0.25) is 5.02 Å². The van der Waals surface area contributed by atoms with Crippen LogP contribution in [0.15, 0.2) is 60.7 Å². The third-order valence-corrected chi connectivity index (χ3v) is 4.96. The summed E-state index contributed by atoms with van der Waals surface area (Å²) >= 11 is 5.80. The van der Waals surface area contributed by atoms with Crippen molar-refractivity contribution in [3.05, 3.63) is 81.4 Å². The van der Waals surface area contributed by atoms with Crippen molar-refractivity contribution in [3.8, 4) is 23.0 Å². The molecule has 1 aliphatic rings. The molecule has 0 bridgehead atoms. The van der Waals surface area contributed by atoms with E-state index in [2.05, 4.69) is 5.32 Å². The van der Waals surface area contributed by atoms with Crippen LogP contribution in [0.3, 0.4) is 0 Å². The summed E-state index contributed by atoms with van der Waals surface area (Å²) in [6.07, 6.45) is -1.08. The van der Waals surface area contributed by atoms with Crippen molar-refractivity contribution in [1.82, 2.24) is 0 Å². The number of nitro benzene ring substituents is 1. The van der Waals surface area contributed by atoms with Crippen molar-refractivity contribution in [2.24, 2.45) is 0 Å². The van der Waals surface area contributed by atoms with Gasteiger partial charge in [0.15, 0.2) is 17.6 Å². The minimum atomic E-state index is -1.08. The van der Waals surface area contributed by atoms with Gasteiger partial charge in [0.2, 0.25) is 12.5 Å². The molecule has 0 aliphatic carbocycles. The van der Waals surface area contributed by atoms with Gasteiger partial charge in [-0.25, -0.2) is 4.79 Å². The highest BCUT2D eigenvalue weighted by Crippen LogP contribution is 2.35. The van der Waals surface area contributed by atoms with Gasteiger partial charge in [0.1, 0.15) is 5.75 Å². The van der Waals surface area contributed by atoms with Crippen LogP contribution in [0.4, 0.5) is 11.4 Å². The Bertz CT molecular complexity index is 1260. The standard InChI is InChI=1S/C23H17ClN2O8/c1-13(22(27)25-16-5-9-20-21(11-16)32-12-31-20)33-23(28)14-2-6-17(7-3-14)34-19-8-4-15(24)10-18(19)26(29)30/h2-11,13H,12H2,1H3,(H,25,27)/t13-/m0/s1. The van der Waals surface area contributed by atoms with E-state index in [1.165, 1.54) is 49.4 Å². The molecule has 3 aromatic carbocycles. The number of fused-ring (bicyclic) bond motifs is 1. The van der Waals surface area contributed by atoms with E-state index in [9.17, 15) is 19.7 Å². The number of nitrogens with one attached hydrogen (secondary N) is 1. The van der Waals surface area contributed by atoms with Crippen molar-refractivity contribution < 1.29 is 33.5 Å². The maximum Gasteiger partial charge on any atom is 0.338 e. The number of ether oxygens (including phenoxy) is 4. The van der Waals surface area contributed by atoms with Crippen LogP contribution in [0.1, 0.15) is 17.3 Å². The smallest absolute Gasteiger partial charge is 0.338 e. The van der Waals surface area contributed by atoms with Gasteiger partial charge in [-0.05, 0) is 55.5 Å². The van der Waals surface area contributed by atoms with Crippen LogP contribution in [0, 0.1) is 10.1 Å². The fraction of sp³-hybridized carbons (Fsp3) is 0.130. The van der Waals surface area contributed by atoms with Gasteiger partial charge in [-0.2, -0.15) is 0 Å². The lowest BCUT2D eigenvalue weighted by Gasteiger charge is -2.14. The second kappa shape index (κ2) is 9.67. The topological polar surface area (TPSA) is 126 Å². The minimum absolute atomic E-state index is 0.00135. The molecule has 0 fully saturated rings. The Morgan fingerprint density at radius 1 is 1.06 bits per heavy atom. The monoisotopic (exact) mass is 484 g/mol. The molecule has 10 nitrogen and oxygen atoms in total. The van der Waals surface area contributed by atoms with Crippen molar-refractivity contribution in [2.75, 3.05) is 12.1 Å². The third kappa shape index (κ3) is 5.18. The molecular weight excluding hydrogens is 468 g/mol. The van der Waals surface area contributed by atoms with Gasteiger partial charge in [0.05, 0.1) is 10.5 Å². The molecule has 1 atom stereocenters. The first-order valence-electron chi connectivity index (χ1n) is 9.93. The number of benzene rings is 3. The van der Waals surface area contributed by atoms with Gasteiger partial charge < -0.3 is 24.3 Å². The average Bonchev–Trinajstić information content (AvgIpc) is 3.28. The predicted octanol–water partition coefficient (Wildman–Crippen LogP) is 4.95. The highest BCUT2D eigenvalue weighted by Gasteiger charge is 2.21. The van der Waals surface area contributed by atoms with E-state index >= 15 is 0 Å². The molecule has 1 amide bonds. The first-order valence-corrected chi connectivity index (χ1v) is 10.3. The lowest BCUT2D eigenvalue weighted by atomic mass is 10.2.